The van der Waals surface area contributed by atoms with Crippen molar-refractivity contribution in [2.45, 2.75) is 456 Å². The molecule has 14 N–H and O–H groups in total. The molecule has 0 aromatic heterocycles. The Morgan fingerprint density at radius 3 is 1.02 bits per heavy atom. The molecule has 3 amide bonds. The first kappa shape index (κ1) is 138. The van der Waals surface area contributed by atoms with E-state index < -0.39 is 330 Å². The van der Waals surface area contributed by atoms with E-state index in [2.05, 4.69) is 164 Å². The minimum atomic E-state index is -2.94. The molecular formula is C86H191N3O38Si12. The lowest BCUT2D eigenvalue weighted by Gasteiger charge is -2.54. The lowest BCUT2D eigenvalue weighted by atomic mass is 9.96. The molecule has 0 radical (unpaired) electrons. The number of hydrogen-bond acceptors (Lipinski definition) is 38. The van der Waals surface area contributed by atoms with Crippen LogP contribution in [0.3, 0.4) is 0 Å². The molecule has 826 valence electrons. The first-order valence-electron chi connectivity index (χ1n) is 47.0. The van der Waals surface area contributed by atoms with Gasteiger partial charge in [0, 0.05) is 47.3 Å². The monoisotopic (exact) mass is 2210 g/mol. The molecule has 0 saturated carbocycles. The van der Waals surface area contributed by atoms with Crippen LogP contribution in [0.2, 0.25) is 208 Å². The largest absolute Gasteiger partial charge is 0.463 e. The molecule has 0 bridgehead atoms. The molecule has 6 heterocycles. The van der Waals surface area contributed by atoms with Crippen LogP contribution in [0.25, 0.3) is 0 Å². The van der Waals surface area contributed by atoms with Crippen LogP contribution in [0.4, 0.5) is 0 Å². The number of aliphatic hydroxyl groups excluding tert-OH is 14. The van der Waals surface area contributed by atoms with Crippen molar-refractivity contribution in [1.29, 1.82) is 0 Å². The van der Waals surface area contributed by atoms with Gasteiger partial charge in [0.15, 0.2) is 122 Å². The number of ether oxygens (including phenoxy) is 10. The summed E-state index contributed by atoms with van der Waals surface area (Å²) in [6.45, 7) is 69.4. The second kappa shape index (κ2) is 57.9. The van der Waals surface area contributed by atoms with Crippen molar-refractivity contribution >= 4 is 125 Å². The highest BCUT2D eigenvalue weighted by Crippen LogP contribution is 2.42. The Morgan fingerprint density at radius 2 is 0.669 bits per heavy atom. The average Bonchev–Trinajstić information content (AvgIpc) is 0.748. The Bertz CT molecular complexity index is 3570. The standard InChI is InChI=1S/C39H76N2O24Si3.C37H79NO12Si6.C6H20O2Si3.4CH4/c1-18(46)40(36-30(54)28(52)34(22(16-44)58-36)62-38-32(56)26(50)24(48)20(14-42)60-38)10-9-12-66(3,4)64-68(7,8)65-67(5,6)13-11-41(19(2)47)37-31(55)29(53)35(23(17-45)59-37)63-39-33(57)27(51)25(49)21(15-43)61-39;1-22-23-38(26(2)39)36-34(49-55(16,17)18)32(47-53(10,11)12)30(29(43-36)25-42-51(4,5)6)45-37-35(50-56(19,20)21)33(48-54(13,14)15)31(46-52(7,8)9)28(44-37)24-41-27(3)40;1-9(2)7-11(5,6)8-10(3)4;;;;/h20-39,42-45,48-57H,9-17H2,1-8H3;22,28-37H,1,23-25H2,2-21H3;9-10H,1-6H3;4*1H4/t20?,21?,22?,23?,24-,25+,26?,27?,28?,29?,30?,31?,32+,33-,34-,35+,36-,37+,38+,39-;28?,29?,30-,31-,32?,33?,34?,35+,36-,37+;;;;;/m00...../s1. The molecule has 0 spiro atoms. The maximum absolute atomic E-state index is 13.3. The summed E-state index contributed by atoms with van der Waals surface area (Å²) in [6.07, 6.45) is -38.1. The van der Waals surface area contributed by atoms with Gasteiger partial charge in [-0.15, -0.1) is 6.58 Å². The minimum absolute atomic E-state index is 0. The quantitative estimate of drug-likeness (QED) is 0.0215. The number of carbonyl (C=O) groups excluding carboxylic acids is 4. The van der Waals surface area contributed by atoms with Gasteiger partial charge < -0.3 is 177 Å². The van der Waals surface area contributed by atoms with Crippen LogP contribution in [0.15, 0.2) is 12.7 Å². The maximum atomic E-state index is 13.3. The lowest BCUT2D eigenvalue weighted by molar-refractivity contribution is -0.347. The predicted molar refractivity (Wildman–Crippen MR) is 558 cm³/mol. The lowest BCUT2D eigenvalue weighted by Crippen LogP contribution is -2.71. The number of aliphatic hydroxyl groups is 14. The van der Waals surface area contributed by atoms with Crippen LogP contribution in [-0.4, -0.2) is 455 Å². The number of carbonyl (C=O) groups is 4. The van der Waals surface area contributed by atoms with E-state index in [-0.39, 0.29) is 68.5 Å². The van der Waals surface area contributed by atoms with Crippen LogP contribution in [-0.2, 0) is 110 Å². The Labute approximate surface area is 844 Å². The van der Waals surface area contributed by atoms with E-state index in [4.69, 9.17) is 90.4 Å². The predicted octanol–water partition coefficient (Wildman–Crippen LogP) is 5.07. The number of esters is 1. The van der Waals surface area contributed by atoms with E-state index in [1.165, 1.54) is 37.5 Å². The third kappa shape index (κ3) is 44.4. The smallest absolute Gasteiger partial charge is 0.311 e. The van der Waals surface area contributed by atoms with E-state index in [0.29, 0.717) is 18.5 Å². The zero-order chi connectivity index (χ0) is 104. The third-order valence-corrected chi connectivity index (χ3v) is 47.3. The highest BCUT2D eigenvalue weighted by Gasteiger charge is 2.61. The number of nitrogens with zero attached hydrogens (tertiary/aromatic N) is 3. The van der Waals surface area contributed by atoms with E-state index in [0.717, 1.165) is 0 Å². The summed E-state index contributed by atoms with van der Waals surface area (Å²) in [6, 6.07) is 0.790. The van der Waals surface area contributed by atoms with Gasteiger partial charge in [0.2, 0.25) is 17.7 Å². The molecule has 0 aromatic carbocycles. The van der Waals surface area contributed by atoms with Crippen molar-refractivity contribution in [3.8, 4) is 0 Å². The van der Waals surface area contributed by atoms with Crippen molar-refractivity contribution in [2.24, 2.45) is 0 Å². The van der Waals surface area contributed by atoms with Crippen LogP contribution in [0, 0.1) is 0 Å². The van der Waals surface area contributed by atoms with Gasteiger partial charge in [0.25, 0.3) is 0 Å². The number of hydrogen-bond donors (Lipinski definition) is 14. The van der Waals surface area contributed by atoms with Gasteiger partial charge in [-0.2, -0.15) is 0 Å². The summed E-state index contributed by atoms with van der Waals surface area (Å²) in [7, 11) is -25.4. The molecule has 0 aliphatic carbocycles. The fraction of sp³-hybridized carbons (Fsp3) is 0.930. The first-order chi connectivity index (χ1) is 61.5. The van der Waals surface area contributed by atoms with Crippen LogP contribution >= 0.6 is 0 Å². The molecule has 6 aliphatic heterocycles. The zero-order valence-electron chi connectivity index (χ0n) is 86.6. The van der Waals surface area contributed by atoms with Gasteiger partial charge in [-0.25, -0.2) is 0 Å². The van der Waals surface area contributed by atoms with E-state index in [9.17, 15) is 90.7 Å². The van der Waals surface area contributed by atoms with Gasteiger partial charge in [0.05, 0.1) is 33.0 Å². The van der Waals surface area contributed by atoms with Gasteiger partial charge >= 0.3 is 23.1 Å². The second-order valence-corrected chi connectivity index (χ2v) is 92.2. The van der Waals surface area contributed by atoms with Crippen LogP contribution < -0.4 is 0 Å². The second-order valence-electron chi connectivity index (χ2n) is 44.1. The van der Waals surface area contributed by atoms with Crippen molar-refractivity contribution in [1.82, 2.24) is 14.7 Å². The molecule has 6 rings (SSSR count). The van der Waals surface area contributed by atoms with E-state index >= 15 is 0 Å². The Hall–Kier alpha value is -1.10. The molecule has 15 unspecified atom stereocenters. The van der Waals surface area contributed by atoms with Crippen molar-refractivity contribution < 1.29 is 181 Å². The summed E-state index contributed by atoms with van der Waals surface area (Å²) >= 11 is 0. The average molecular weight is 2210 g/mol. The molecule has 6 aliphatic rings. The Morgan fingerprint density at radius 1 is 0.338 bits per heavy atom. The molecule has 6 fully saturated rings. The van der Waals surface area contributed by atoms with Crippen molar-refractivity contribution in [3.63, 3.8) is 0 Å². The van der Waals surface area contributed by atoms with E-state index in [1.807, 2.05) is 39.3 Å². The SMILES string of the molecule is C.C.C.C.C=CCN(C(C)=O)[C@H]1OC(CO[Si](C)(C)C)[C@H](O[C@H]2OC(COC(C)=O)[C@H](O[Si](C)(C)C)C(O[Si](C)(C)C)[C@H]2O[Si](C)(C)C)C(O[Si](C)(C)C)C1O[Si](C)(C)C.CC(=O)N(CC[Si](C)(C)O[Si](C)(C)O[Si](C)(C)CCCN(C(C)=O)[C@H]1OC(CO)[C@H](O[C@H]2OC(CO)[C@H](O)C(O)[C@H]2O)C(O)C1O)[C@@H]1OC(CO)[C@@H](O[C@@H]2OC(CO)[C@@H](O)C(O)[C@@H]2O)C(O)C1O.C[SiH](C)O[Si](C)(C)O[SiH](C)C. The van der Waals surface area contributed by atoms with Gasteiger partial charge in [-0.1, -0.05) is 35.8 Å². The van der Waals surface area contributed by atoms with Crippen molar-refractivity contribution in [3.05, 3.63) is 12.7 Å². The summed E-state index contributed by atoms with van der Waals surface area (Å²) in [5.74, 6) is -1.67. The number of amides is 3. The third-order valence-electron chi connectivity index (χ3n) is 21.7. The minimum Gasteiger partial charge on any atom is -0.463 e. The molecule has 0 aromatic rings. The highest BCUT2D eigenvalue weighted by molar-refractivity contribution is 6.88. The van der Waals surface area contributed by atoms with Gasteiger partial charge in [0.1, 0.15) is 153 Å². The Balaban J connectivity index is 0.00000244. The molecule has 30 atom stereocenters. The zero-order valence-corrected chi connectivity index (χ0v) is 99.0. The van der Waals surface area contributed by atoms with Crippen LogP contribution in [0.1, 0.15) is 63.8 Å². The highest BCUT2D eigenvalue weighted by atomic mass is 28.5. The number of rotatable bonds is 45. The van der Waals surface area contributed by atoms with E-state index in [1.54, 1.807) is 11.0 Å². The first-order valence-corrected chi connectivity index (χ1v) is 84.8. The molecule has 139 heavy (non-hydrogen) atoms. The molecule has 6 saturated heterocycles. The maximum Gasteiger partial charge on any atom is 0.311 e. The molecular weight excluding hydrogens is 2020 g/mol. The topological polar surface area (TPSA) is 546 Å². The summed E-state index contributed by atoms with van der Waals surface area (Å²) in [5, 5.41) is 146. The normalized spacial score (nSPS) is 32.5. The molecule has 53 heteroatoms. The summed E-state index contributed by atoms with van der Waals surface area (Å²) in [4.78, 5) is 55.6. The van der Waals surface area contributed by atoms with Crippen LogP contribution in [0.5, 0.6) is 0 Å². The fourth-order valence-corrected chi connectivity index (χ4v) is 46.4. The molecule has 41 nitrogen and oxygen atoms in total. The summed E-state index contributed by atoms with van der Waals surface area (Å²) < 4.78 is 128. The van der Waals surface area contributed by atoms with Gasteiger partial charge in [-0.3, -0.25) is 19.2 Å². The fourth-order valence-electron chi connectivity index (χ4n) is 16.8. The van der Waals surface area contributed by atoms with Gasteiger partial charge in [-0.05, 0) is 215 Å². The summed E-state index contributed by atoms with van der Waals surface area (Å²) in [5.41, 5.74) is 0. The van der Waals surface area contributed by atoms with Crippen molar-refractivity contribution in [2.75, 3.05) is 59.3 Å². The Kier molecular flexibility index (Phi) is 57.5.